The molecule has 2 heterocycles. The number of nitrogens with zero attached hydrogens (tertiary/aromatic N) is 4. The molecule has 6 nitrogen and oxygen atoms in total. The summed E-state index contributed by atoms with van der Waals surface area (Å²) in [6.07, 6.45) is 1.81. The van der Waals surface area contributed by atoms with Crippen LogP contribution in [0.2, 0.25) is 5.02 Å². The zero-order valence-electron chi connectivity index (χ0n) is 12.4. The minimum absolute atomic E-state index is 0.189. The number of aromatic nitrogens is 1. The molecule has 0 aliphatic carbocycles. The Hall–Kier alpha value is -1.68. The van der Waals surface area contributed by atoms with E-state index >= 15 is 0 Å². The number of carbonyl (C=O) groups is 1. The summed E-state index contributed by atoms with van der Waals surface area (Å²) in [5.41, 5.74) is 0.312. The summed E-state index contributed by atoms with van der Waals surface area (Å²) in [5, 5.41) is 9.26. The van der Waals surface area contributed by atoms with Crippen LogP contribution in [0.25, 0.3) is 0 Å². The quantitative estimate of drug-likeness (QED) is 0.792. The van der Waals surface area contributed by atoms with Gasteiger partial charge in [-0.1, -0.05) is 11.6 Å². The van der Waals surface area contributed by atoms with E-state index in [1.54, 1.807) is 17.0 Å². The van der Waals surface area contributed by atoms with Crippen LogP contribution in [0.15, 0.2) is 18.3 Å². The molecule has 22 heavy (non-hydrogen) atoms. The van der Waals surface area contributed by atoms with E-state index in [9.17, 15) is 4.79 Å². The minimum Gasteiger partial charge on any atom is -0.379 e. The molecule has 0 radical (unpaired) electrons. The van der Waals surface area contributed by atoms with E-state index in [1.165, 1.54) is 6.20 Å². The number of amides is 1. The second kappa shape index (κ2) is 8.69. The number of ether oxygens (including phenoxy) is 1. The zero-order chi connectivity index (χ0) is 15.8. The molecule has 7 heteroatoms. The highest BCUT2D eigenvalue weighted by Gasteiger charge is 2.19. The molecule has 0 bridgehead atoms. The molecule has 0 aromatic carbocycles. The van der Waals surface area contributed by atoms with Crippen molar-refractivity contribution >= 4 is 17.5 Å². The van der Waals surface area contributed by atoms with Crippen molar-refractivity contribution in [2.45, 2.75) is 6.42 Å². The third kappa shape index (κ3) is 4.95. The third-order valence-corrected chi connectivity index (χ3v) is 3.75. The Kier molecular flexibility index (Phi) is 6.59. The van der Waals surface area contributed by atoms with Crippen LogP contribution < -0.4 is 0 Å². The van der Waals surface area contributed by atoms with Gasteiger partial charge in [0.25, 0.3) is 5.91 Å². The van der Waals surface area contributed by atoms with E-state index in [2.05, 4.69) is 16.0 Å². The Labute approximate surface area is 135 Å². The summed E-state index contributed by atoms with van der Waals surface area (Å²) in [6.45, 7) is 4.92. The average molecular weight is 323 g/mol. The first-order chi connectivity index (χ1) is 10.7. The van der Waals surface area contributed by atoms with Gasteiger partial charge in [-0.25, -0.2) is 0 Å². The zero-order valence-corrected chi connectivity index (χ0v) is 13.1. The summed E-state index contributed by atoms with van der Waals surface area (Å²) >= 11 is 5.91. The maximum absolute atomic E-state index is 12.5. The fourth-order valence-electron chi connectivity index (χ4n) is 2.27. The topological polar surface area (TPSA) is 69.5 Å². The molecule has 1 aliphatic heterocycles. The molecule has 0 spiro atoms. The van der Waals surface area contributed by atoms with Crippen LogP contribution in [-0.4, -0.2) is 66.6 Å². The lowest BCUT2D eigenvalue weighted by Crippen LogP contribution is -2.43. The molecular formula is C15H19ClN4O2. The van der Waals surface area contributed by atoms with Gasteiger partial charge in [-0.2, -0.15) is 5.26 Å². The maximum atomic E-state index is 12.5. The first-order valence-electron chi connectivity index (χ1n) is 7.28. The highest BCUT2D eigenvalue weighted by Crippen LogP contribution is 2.11. The highest BCUT2D eigenvalue weighted by molar-refractivity contribution is 6.30. The van der Waals surface area contributed by atoms with Gasteiger partial charge in [0.15, 0.2) is 0 Å². The summed E-state index contributed by atoms with van der Waals surface area (Å²) in [7, 11) is 0. The molecule has 118 valence electrons. The van der Waals surface area contributed by atoms with Crippen molar-refractivity contribution in [1.29, 1.82) is 5.26 Å². The largest absolute Gasteiger partial charge is 0.379 e. The SMILES string of the molecule is N#CCCN(CCN1CCOCC1)C(=O)c1cc(Cl)ccn1. The van der Waals surface area contributed by atoms with Gasteiger partial charge in [0.2, 0.25) is 0 Å². The molecular weight excluding hydrogens is 304 g/mol. The Bertz CT molecular complexity index is 541. The van der Waals surface area contributed by atoms with Crippen LogP contribution in [0.4, 0.5) is 0 Å². The molecule has 0 atom stereocenters. The minimum atomic E-state index is -0.189. The Morgan fingerprint density at radius 2 is 2.23 bits per heavy atom. The average Bonchev–Trinajstić information content (AvgIpc) is 2.55. The van der Waals surface area contributed by atoms with Crippen molar-refractivity contribution in [1.82, 2.24) is 14.8 Å². The summed E-state index contributed by atoms with van der Waals surface area (Å²) < 4.78 is 5.31. The number of pyridine rings is 1. The van der Waals surface area contributed by atoms with Gasteiger partial charge in [-0.05, 0) is 12.1 Å². The van der Waals surface area contributed by atoms with Crippen molar-refractivity contribution in [2.75, 3.05) is 45.9 Å². The molecule has 0 saturated carbocycles. The van der Waals surface area contributed by atoms with Crippen molar-refractivity contribution in [3.8, 4) is 6.07 Å². The maximum Gasteiger partial charge on any atom is 0.272 e. The molecule has 1 amide bonds. The fourth-order valence-corrected chi connectivity index (χ4v) is 2.43. The second-order valence-electron chi connectivity index (χ2n) is 5.01. The van der Waals surface area contributed by atoms with E-state index < -0.39 is 0 Å². The second-order valence-corrected chi connectivity index (χ2v) is 5.45. The van der Waals surface area contributed by atoms with Crippen LogP contribution >= 0.6 is 11.6 Å². The van der Waals surface area contributed by atoms with Crippen molar-refractivity contribution in [3.05, 3.63) is 29.0 Å². The number of rotatable bonds is 6. The Morgan fingerprint density at radius 3 is 2.91 bits per heavy atom. The summed E-state index contributed by atoms with van der Waals surface area (Å²) in [5.74, 6) is -0.189. The van der Waals surface area contributed by atoms with Crippen molar-refractivity contribution in [2.24, 2.45) is 0 Å². The fraction of sp³-hybridized carbons (Fsp3) is 0.533. The first-order valence-corrected chi connectivity index (χ1v) is 7.66. The first kappa shape index (κ1) is 16.7. The molecule has 1 aliphatic rings. The number of hydrogen-bond acceptors (Lipinski definition) is 5. The van der Waals surface area contributed by atoms with Gasteiger partial charge < -0.3 is 9.64 Å². The van der Waals surface area contributed by atoms with Crippen LogP contribution in [0, 0.1) is 11.3 Å². The highest BCUT2D eigenvalue weighted by atomic mass is 35.5. The van der Waals surface area contributed by atoms with Gasteiger partial charge in [-0.3, -0.25) is 14.7 Å². The van der Waals surface area contributed by atoms with E-state index in [0.29, 0.717) is 30.2 Å². The lowest BCUT2D eigenvalue weighted by molar-refractivity contribution is 0.0325. The summed E-state index contributed by atoms with van der Waals surface area (Å²) in [6, 6.07) is 5.26. The third-order valence-electron chi connectivity index (χ3n) is 3.51. The number of nitriles is 1. The van der Waals surface area contributed by atoms with E-state index in [-0.39, 0.29) is 5.91 Å². The molecule has 1 saturated heterocycles. The molecule has 2 rings (SSSR count). The van der Waals surface area contributed by atoms with Crippen molar-refractivity contribution in [3.63, 3.8) is 0 Å². The van der Waals surface area contributed by atoms with E-state index in [0.717, 1.165) is 32.8 Å². The molecule has 0 N–H and O–H groups in total. The van der Waals surface area contributed by atoms with Gasteiger partial charge in [0.1, 0.15) is 5.69 Å². The lowest BCUT2D eigenvalue weighted by atomic mass is 10.3. The number of halogens is 1. The standard InChI is InChI=1S/C15H19ClN4O2/c16-13-2-4-18-14(12-13)15(21)20(5-1-3-17)7-6-19-8-10-22-11-9-19/h2,4,12H,1,5-11H2. The smallest absolute Gasteiger partial charge is 0.272 e. The number of hydrogen-bond donors (Lipinski definition) is 0. The van der Waals surface area contributed by atoms with Gasteiger partial charge in [0, 0.05) is 43.9 Å². The lowest BCUT2D eigenvalue weighted by Gasteiger charge is -2.29. The number of morpholine rings is 1. The van der Waals surface area contributed by atoms with Crippen LogP contribution in [0.3, 0.4) is 0 Å². The van der Waals surface area contributed by atoms with Gasteiger partial charge >= 0.3 is 0 Å². The van der Waals surface area contributed by atoms with Crippen LogP contribution in [-0.2, 0) is 4.74 Å². The van der Waals surface area contributed by atoms with E-state index in [4.69, 9.17) is 21.6 Å². The van der Waals surface area contributed by atoms with Gasteiger partial charge in [-0.15, -0.1) is 0 Å². The molecule has 0 unspecified atom stereocenters. The van der Waals surface area contributed by atoms with E-state index in [1.807, 2.05) is 0 Å². The Morgan fingerprint density at radius 1 is 1.45 bits per heavy atom. The normalized spacial score (nSPS) is 15.3. The van der Waals surface area contributed by atoms with Crippen molar-refractivity contribution < 1.29 is 9.53 Å². The van der Waals surface area contributed by atoms with Crippen LogP contribution in [0.5, 0.6) is 0 Å². The molecule has 1 fully saturated rings. The molecule has 1 aromatic rings. The predicted molar refractivity (Wildman–Crippen MR) is 82.6 cm³/mol. The molecule has 1 aromatic heterocycles. The Balaban J connectivity index is 1.98. The van der Waals surface area contributed by atoms with Crippen LogP contribution in [0.1, 0.15) is 16.9 Å². The van der Waals surface area contributed by atoms with Gasteiger partial charge in [0.05, 0.1) is 25.7 Å². The monoisotopic (exact) mass is 322 g/mol. The number of carbonyl (C=O) groups excluding carboxylic acids is 1. The predicted octanol–water partition coefficient (Wildman–Crippen LogP) is 1.42. The summed E-state index contributed by atoms with van der Waals surface area (Å²) in [4.78, 5) is 20.5.